The molecule has 0 atom stereocenters. The van der Waals surface area contributed by atoms with Crippen LogP contribution in [-0.2, 0) is 0 Å². The second-order valence-electron chi connectivity index (χ2n) is 3.33. The minimum Gasteiger partial charge on any atom is -0.151 e. The van der Waals surface area contributed by atoms with Gasteiger partial charge in [0.15, 0.2) is 0 Å². The van der Waals surface area contributed by atoms with Crippen molar-refractivity contribution in [2.75, 3.05) is 0 Å². The molecule has 0 bridgehead atoms. The highest BCUT2D eigenvalue weighted by atomic mass is 32.1. The first kappa shape index (κ1) is 15.9. The van der Waals surface area contributed by atoms with Gasteiger partial charge in [-0.1, -0.05) is 57.5 Å². The predicted octanol–water partition coefficient (Wildman–Crippen LogP) is 6.08. The molecule has 0 nitrogen and oxygen atoms in total. The molecule has 0 aliphatic carbocycles. The fraction of sp³-hybridized carbons (Fsp3) is 0.375. The summed E-state index contributed by atoms with van der Waals surface area (Å²) in [6.45, 7) is 12.3. The second kappa shape index (κ2) is 9.00. The zero-order valence-corrected chi connectivity index (χ0v) is 12.7. The molecule has 1 aromatic heterocycles. The SMILES string of the molecule is CC.CC.Cc1ccc(-c2cscc2C)cc1. The average Bonchev–Trinajstić information content (AvgIpc) is 2.82. The molecular formula is C16H24S. The van der Waals surface area contributed by atoms with Crippen LogP contribution in [0.15, 0.2) is 35.0 Å². The third-order valence-electron chi connectivity index (χ3n) is 2.22. The maximum atomic E-state index is 2.21. The van der Waals surface area contributed by atoms with Gasteiger partial charge in [-0.25, -0.2) is 0 Å². The van der Waals surface area contributed by atoms with Gasteiger partial charge in [0.2, 0.25) is 0 Å². The summed E-state index contributed by atoms with van der Waals surface area (Å²) in [5.74, 6) is 0. The van der Waals surface area contributed by atoms with Crippen molar-refractivity contribution in [1.82, 2.24) is 0 Å². The van der Waals surface area contributed by atoms with E-state index in [0.717, 1.165) is 0 Å². The maximum Gasteiger partial charge on any atom is -0.00120 e. The van der Waals surface area contributed by atoms with Gasteiger partial charge < -0.3 is 0 Å². The number of hydrogen-bond acceptors (Lipinski definition) is 1. The quantitative estimate of drug-likeness (QED) is 0.573. The summed E-state index contributed by atoms with van der Waals surface area (Å²) in [7, 11) is 0. The molecule has 0 aliphatic heterocycles. The first-order valence-electron chi connectivity index (χ1n) is 6.37. The van der Waals surface area contributed by atoms with E-state index in [1.165, 1.54) is 22.3 Å². The fourth-order valence-corrected chi connectivity index (χ4v) is 2.25. The van der Waals surface area contributed by atoms with E-state index in [2.05, 4.69) is 48.9 Å². The van der Waals surface area contributed by atoms with Gasteiger partial charge in [0.05, 0.1) is 0 Å². The number of rotatable bonds is 1. The zero-order chi connectivity index (χ0) is 13.3. The van der Waals surface area contributed by atoms with E-state index < -0.39 is 0 Å². The molecule has 0 radical (unpaired) electrons. The summed E-state index contributed by atoms with van der Waals surface area (Å²) < 4.78 is 0. The summed E-state index contributed by atoms with van der Waals surface area (Å²) in [5, 5.41) is 4.40. The molecule has 0 amide bonds. The maximum absolute atomic E-state index is 2.21. The molecule has 0 saturated heterocycles. The van der Waals surface area contributed by atoms with Gasteiger partial charge in [-0.2, -0.15) is 11.3 Å². The number of thiophene rings is 1. The van der Waals surface area contributed by atoms with E-state index in [9.17, 15) is 0 Å². The van der Waals surface area contributed by atoms with Crippen LogP contribution in [0.4, 0.5) is 0 Å². The highest BCUT2D eigenvalue weighted by Crippen LogP contribution is 2.26. The summed E-state index contributed by atoms with van der Waals surface area (Å²) in [5.41, 5.74) is 5.37. The van der Waals surface area contributed by atoms with Crippen LogP contribution in [-0.4, -0.2) is 0 Å². The Morgan fingerprint density at radius 2 is 1.29 bits per heavy atom. The van der Waals surface area contributed by atoms with Crippen LogP contribution in [0.3, 0.4) is 0 Å². The lowest BCUT2D eigenvalue weighted by Gasteiger charge is -2.00. The Balaban J connectivity index is 0.000000581. The third-order valence-corrected chi connectivity index (χ3v) is 3.08. The summed E-state index contributed by atoms with van der Waals surface area (Å²) in [6, 6.07) is 8.69. The van der Waals surface area contributed by atoms with Gasteiger partial charge in [0.25, 0.3) is 0 Å². The predicted molar refractivity (Wildman–Crippen MR) is 81.9 cm³/mol. The second-order valence-corrected chi connectivity index (χ2v) is 4.08. The molecule has 0 spiro atoms. The van der Waals surface area contributed by atoms with E-state index in [-0.39, 0.29) is 0 Å². The molecule has 1 heterocycles. The molecule has 0 N–H and O–H groups in total. The van der Waals surface area contributed by atoms with Gasteiger partial charge in [0, 0.05) is 0 Å². The fourth-order valence-electron chi connectivity index (χ4n) is 1.39. The van der Waals surface area contributed by atoms with Crippen molar-refractivity contribution in [1.29, 1.82) is 0 Å². The van der Waals surface area contributed by atoms with E-state index in [1.807, 2.05) is 27.7 Å². The third kappa shape index (κ3) is 4.74. The summed E-state index contributed by atoms with van der Waals surface area (Å²) >= 11 is 1.77. The van der Waals surface area contributed by atoms with E-state index in [4.69, 9.17) is 0 Å². The van der Waals surface area contributed by atoms with E-state index in [0.29, 0.717) is 0 Å². The zero-order valence-electron chi connectivity index (χ0n) is 11.9. The average molecular weight is 248 g/mol. The van der Waals surface area contributed by atoms with Crippen LogP contribution >= 0.6 is 11.3 Å². The van der Waals surface area contributed by atoms with E-state index >= 15 is 0 Å². The molecule has 0 aliphatic rings. The molecule has 2 rings (SSSR count). The van der Waals surface area contributed by atoms with Crippen LogP contribution in [0.1, 0.15) is 38.8 Å². The van der Waals surface area contributed by atoms with Crippen molar-refractivity contribution >= 4 is 11.3 Å². The largest absolute Gasteiger partial charge is 0.151 e. The van der Waals surface area contributed by atoms with Crippen LogP contribution in [0.2, 0.25) is 0 Å². The van der Waals surface area contributed by atoms with Crippen LogP contribution in [0.25, 0.3) is 11.1 Å². The summed E-state index contributed by atoms with van der Waals surface area (Å²) in [6.07, 6.45) is 0. The highest BCUT2D eigenvalue weighted by molar-refractivity contribution is 7.08. The molecule has 17 heavy (non-hydrogen) atoms. The highest BCUT2D eigenvalue weighted by Gasteiger charge is 2.00. The smallest absolute Gasteiger partial charge is 0.00120 e. The van der Waals surface area contributed by atoms with Gasteiger partial charge >= 0.3 is 0 Å². The van der Waals surface area contributed by atoms with Gasteiger partial charge in [-0.05, 0) is 41.3 Å². The Kier molecular flexibility index (Phi) is 8.43. The minimum absolute atomic E-state index is 1.32. The molecule has 1 aromatic carbocycles. The first-order chi connectivity index (χ1) is 8.27. The Bertz CT molecular complexity index is 396. The van der Waals surface area contributed by atoms with Crippen molar-refractivity contribution in [2.24, 2.45) is 0 Å². The van der Waals surface area contributed by atoms with Crippen molar-refractivity contribution in [3.63, 3.8) is 0 Å². The monoisotopic (exact) mass is 248 g/mol. The number of hydrogen-bond donors (Lipinski definition) is 0. The topological polar surface area (TPSA) is 0 Å². The Labute approximate surface area is 110 Å². The molecule has 0 unspecified atom stereocenters. The first-order valence-corrected chi connectivity index (χ1v) is 7.31. The van der Waals surface area contributed by atoms with Gasteiger partial charge in [-0.3, -0.25) is 0 Å². The molecule has 0 saturated carbocycles. The van der Waals surface area contributed by atoms with Crippen molar-refractivity contribution < 1.29 is 0 Å². The lowest BCUT2D eigenvalue weighted by molar-refractivity contribution is 1.46. The molecule has 0 fully saturated rings. The summed E-state index contributed by atoms with van der Waals surface area (Å²) in [4.78, 5) is 0. The number of benzene rings is 1. The van der Waals surface area contributed by atoms with Crippen LogP contribution < -0.4 is 0 Å². The van der Waals surface area contributed by atoms with Gasteiger partial charge in [-0.15, -0.1) is 0 Å². The molecule has 1 heteroatoms. The minimum atomic E-state index is 1.32. The number of aryl methyl sites for hydroxylation is 2. The molecule has 2 aromatic rings. The van der Waals surface area contributed by atoms with Crippen LogP contribution in [0, 0.1) is 13.8 Å². The normalized spacial score (nSPS) is 8.59. The Morgan fingerprint density at radius 3 is 1.71 bits per heavy atom. The lowest BCUT2D eigenvalue weighted by atomic mass is 10.0. The van der Waals surface area contributed by atoms with Crippen molar-refractivity contribution in [3.05, 3.63) is 46.2 Å². The standard InChI is InChI=1S/C12H12S.2C2H6/c1-9-3-5-11(6-4-9)12-8-13-7-10(12)2;2*1-2/h3-8H,1-2H3;2*1-2H3. The molecule has 94 valence electrons. The molecular weight excluding hydrogens is 224 g/mol. The van der Waals surface area contributed by atoms with Crippen LogP contribution in [0.5, 0.6) is 0 Å². The van der Waals surface area contributed by atoms with Crippen molar-refractivity contribution in [2.45, 2.75) is 41.5 Å². The van der Waals surface area contributed by atoms with Gasteiger partial charge in [0.1, 0.15) is 0 Å². The van der Waals surface area contributed by atoms with Crippen molar-refractivity contribution in [3.8, 4) is 11.1 Å². The lowest BCUT2D eigenvalue weighted by Crippen LogP contribution is -1.77. The van der Waals surface area contributed by atoms with E-state index in [1.54, 1.807) is 11.3 Å². The Hall–Kier alpha value is -1.08. The Morgan fingerprint density at radius 1 is 0.765 bits per heavy atom.